The quantitative estimate of drug-likeness (QED) is 0.0854. The van der Waals surface area contributed by atoms with Crippen LogP contribution < -0.4 is 42.3 Å². The van der Waals surface area contributed by atoms with Crippen LogP contribution in [0.5, 0.6) is 0 Å². The Bertz CT molecular complexity index is 2550. The molecular formula is C57H50P2. The fourth-order valence-corrected chi connectivity index (χ4v) is 18.6. The second kappa shape index (κ2) is 16.6. The summed E-state index contributed by atoms with van der Waals surface area (Å²) in [5.41, 5.74) is 2.40. The van der Waals surface area contributed by atoms with E-state index < -0.39 is 14.5 Å². The molecule has 1 aliphatic carbocycles. The molecule has 0 amide bonds. The van der Waals surface area contributed by atoms with Gasteiger partial charge in [0.05, 0.1) is 0 Å². The Morgan fingerprint density at radius 2 is 0.593 bits per heavy atom. The van der Waals surface area contributed by atoms with Crippen LogP contribution in [0.1, 0.15) is 24.0 Å². The third kappa shape index (κ3) is 6.78. The summed E-state index contributed by atoms with van der Waals surface area (Å²) in [6.45, 7) is 8.73. The van der Waals surface area contributed by atoms with Gasteiger partial charge in [0.15, 0.2) is 0 Å². The van der Waals surface area contributed by atoms with Gasteiger partial charge in [0.1, 0.15) is 0 Å². The monoisotopic (exact) mass is 796 g/mol. The molecule has 8 aromatic carbocycles. The molecule has 0 radical (unpaired) electrons. The van der Waals surface area contributed by atoms with Crippen molar-refractivity contribution in [2.75, 3.05) is 0 Å². The number of fused-ring (bicyclic) bond motifs is 2. The van der Waals surface area contributed by atoms with Crippen molar-refractivity contribution in [1.29, 1.82) is 0 Å². The molecular weight excluding hydrogens is 747 g/mol. The molecule has 8 aromatic rings. The van der Waals surface area contributed by atoms with Gasteiger partial charge >= 0.3 is 352 Å². The first-order valence-electron chi connectivity index (χ1n) is 20.7. The van der Waals surface area contributed by atoms with E-state index in [1.807, 2.05) is 0 Å². The molecule has 0 heterocycles. The van der Waals surface area contributed by atoms with Gasteiger partial charge in [-0.2, -0.15) is 0 Å². The van der Waals surface area contributed by atoms with Crippen LogP contribution in [-0.2, 0) is 5.41 Å². The van der Waals surface area contributed by atoms with Crippen molar-refractivity contribution in [2.45, 2.75) is 18.3 Å². The van der Waals surface area contributed by atoms with Crippen LogP contribution in [0.3, 0.4) is 0 Å². The molecule has 9 rings (SSSR count). The first-order chi connectivity index (χ1) is 29.1. The van der Waals surface area contributed by atoms with Gasteiger partial charge in [-0.05, 0) is 0 Å². The molecule has 0 saturated heterocycles. The molecule has 0 unspecified atom stereocenters. The molecule has 0 N–H and O–H groups in total. The number of hydrogen-bond donors (Lipinski definition) is 0. The number of rotatable bonds is 12. The first-order valence-corrected chi connectivity index (χ1v) is 24.8. The van der Waals surface area contributed by atoms with Crippen LogP contribution in [0, 0.1) is 10.4 Å². The summed E-state index contributed by atoms with van der Waals surface area (Å²) in [4.78, 5) is 0. The van der Waals surface area contributed by atoms with Crippen LogP contribution in [0.15, 0.2) is 244 Å². The second-order valence-corrected chi connectivity index (χ2v) is 23.1. The average Bonchev–Trinajstić information content (AvgIpc) is 3.56. The molecule has 0 spiro atoms. The number of benzene rings is 8. The molecule has 0 atom stereocenters. The molecule has 0 aromatic heterocycles. The number of hydrogen-bond acceptors (Lipinski definition) is 0. The zero-order chi connectivity index (χ0) is 40.1. The molecule has 0 bridgehead atoms. The fourth-order valence-electron chi connectivity index (χ4n) is 9.93. The maximum absolute atomic E-state index is 4.36. The SMILES string of the molecule is C=CCC1(CC=C)c2cc(=C[PH](c3ccccc3)(c3ccccc3)c3ccccc3)ccc2=c2ccc(=C[PH](c3ccccc3)(c3ccccc3)c3ccccc3)cc21. The molecule has 59 heavy (non-hydrogen) atoms. The topological polar surface area (TPSA) is 0 Å². The van der Waals surface area contributed by atoms with Gasteiger partial charge in [-0.1, -0.05) is 0 Å². The third-order valence-electron chi connectivity index (χ3n) is 12.5. The van der Waals surface area contributed by atoms with E-state index in [0.29, 0.717) is 0 Å². The van der Waals surface area contributed by atoms with Gasteiger partial charge in [-0.15, -0.1) is 0 Å². The average molecular weight is 797 g/mol. The Kier molecular flexibility index (Phi) is 10.8. The Morgan fingerprint density at radius 1 is 0.339 bits per heavy atom. The van der Waals surface area contributed by atoms with Gasteiger partial charge in [-0.25, -0.2) is 0 Å². The molecule has 0 aliphatic heterocycles. The van der Waals surface area contributed by atoms with Gasteiger partial charge < -0.3 is 0 Å². The van der Waals surface area contributed by atoms with Crippen molar-refractivity contribution in [2.24, 2.45) is 0 Å². The van der Waals surface area contributed by atoms with E-state index >= 15 is 0 Å². The summed E-state index contributed by atoms with van der Waals surface area (Å²) in [6, 6.07) is 81.4. The molecule has 288 valence electrons. The Hall–Kier alpha value is -6.16. The van der Waals surface area contributed by atoms with Crippen LogP contribution in [-0.4, -0.2) is 0 Å². The van der Waals surface area contributed by atoms with Crippen LogP contribution in [0.25, 0.3) is 11.6 Å². The zero-order valence-electron chi connectivity index (χ0n) is 33.4. The van der Waals surface area contributed by atoms with Crippen molar-refractivity contribution < 1.29 is 0 Å². The summed E-state index contributed by atoms with van der Waals surface area (Å²) in [7, 11) is -5.32. The van der Waals surface area contributed by atoms with Crippen molar-refractivity contribution in [1.82, 2.24) is 0 Å². The standard InChI is InChI=1S/C57H50P2/c1-3-39-57(40-4-2)55-41-45(43-58(47-23-11-5-12-24-47,48-25-13-6-14-26-48)49-27-15-7-16-28-49)35-37-53(55)54-38-36-46(42-56(54)57)44-59(50-29-17-8-18-30-50,51-31-19-9-20-32-51)52-33-21-10-22-34-52/h3-38,41-44,58-59H,1-2,39-40H2. The Balaban J connectivity index is 1.32. The van der Waals surface area contributed by atoms with Crippen LogP contribution >= 0.6 is 14.5 Å². The van der Waals surface area contributed by atoms with E-state index in [9.17, 15) is 0 Å². The maximum atomic E-state index is 4.36. The first kappa shape index (κ1) is 38.4. The van der Waals surface area contributed by atoms with Gasteiger partial charge in [0.2, 0.25) is 0 Å². The third-order valence-corrected chi connectivity index (χ3v) is 21.5. The van der Waals surface area contributed by atoms with E-state index in [1.54, 1.807) is 0 Å². The molecule has 0 fully saturated rings. The number of allylic oxidation sites excluding steroid dienone is 2. The zero-order valence-corrected chi connectivity index (χ0v) is 35.4. The van der Waals surface area contributed by atoms with E-state index in [2.05, 4.69) is 255 Å². The Labute approximate surface area is 350 Å². The predicted octanol–water partition coefficient (Wildman–Crippen LogP) is 9.65. The molecule has 1 aliphatic rings. The normalized spacial score (nSPS) is 14.2. The summed E-state index contributed by atoms with van der Waals surface area (Å²) in [5, 5.41) is 13.3. The van der Waals surface area contributed by atoms with E-state index in [4.69, 9.17) is 0 Å². The molecule has 0 saturated carbocycles. The fraction of sp³-hybridized carbons (Fsp3) is 0.0526. The summed E-state index contributed by atoms with van der Waals surface area (Å²) in [5.74, 6) is 5.25. The summed E-state index contributed by atoms with van der Waals surface area (Å²) >= 11 is 0. The van der Waals surface area contributed by atoms with Crippen molar-refractivity contribution >= 4 is 58.0 Å². The van der Waals surface area contributed by atoms with Gasteiger partial charge in [0, 0.05) is 0 Å². The minimum atomic E-state index is -2.66. The van der Waals surface area contributed by atoms with Crippen LogP contribution in [0.4, 0.5) is 0 Å². The van der Waals surface area contributed by atoms with E-state index in [1.165, 1.54) is 63.8 Å². The molecule has 2 heteroatoms. The predicted molar refractivity (Wildman–Crippen MR) is 262 cm³/mol. The van der Waals surface area contributed by atoms with Crippen molar-refractivity contribution in [3.63, 3.8) is 0 Å². The molecule has 0 nitrogen and oxygen atoms in total. The van der Waals surface area contributed by atoms with Gasteiger partial charge in [-0.3, -0.25) is 0 Å². The van der Waals surface area contributed by atoms with Crippen molar-refractivity contribution in [3.8, 4) is 0 Å². The van der Waals surface area contributed by atoms with E-state index in [-0.39, 0.29) is 5.41 Å². The second-order valence-electron chi connectivity index (χ2n) is 15.8. The van der Waals surface area contributed by atoms with Crippen molar-refractivity contribution in [3.05, 3.63) is 276 Å². The summed E-state index contributed by atoms with van der Waals surface area (Å²) in [6.07, 6.45) is 5.85. The van der Waals surface area contributed by atoms with E-state index in [0.717, 1.165) is 12.8 Å². The minimum absolute atomic E-state index is 0.311. The van der Waals surface area contributed by atoms with Gasteiger partial charge in [0.25, 0.3) is 0 Å². The van der Waals surface area contributed by atoms with Crippen LogP contribution in [0.2, 0.25) is 0 Å². The summed E-state index contributed by atoms with van der Waals surface area (Å²) < 4.78 is 0. The Morgan fingerprint density at radius 3 is 0.831 bits per heavy atom.